The largest absolute Gasteiger partial charge is 0.312 e. The lowest BCUT2D eigenvalue weighted by molar-refractivity contribution is 0.352. The van der Waals surface area contributed by atoms with E-state index in [4.69, 9.17) is 0 Å². The van der Waals surface area contributed by atoms with Crippen LogP contribution in [0.2, 0.25) is 0 Å². The van der Waals surface area contributed by atoms with E-state index in [0.717, 1.165) is 13.1 Å². The fourth-order valence-corrected chi connectivity index (χ4v) is 2.11. The van der Waals surface area contributed by atoms with Gasteiger partial charge >= 0.3 is 0 Å². The van der Waals surface area contributed by atoms with Gasteiger partial charge in [0.15, 0.2) is 0 Å². The molecule has 3 heteroatoms. The molecule has 0 amide bonds. The zero-order chi connectivity index (χ0) is 14.6. The summed E-state index contributed by atoms with van der Waals surface area (Å²) in [6.45, 7) is 10.8. The van der Waals surface area contributed by atoms with E-state index in [1.165, 1.54) is 11.1 Å². The molecule has 20 heavy (non-hydrogen) atoms. The molecule has 3 nitrogen and oxygen atoms in total. The van der Waals surface area contributed by atoms with Crippen molar-refractivity contribution < 1.29 is 0 Å². The molecule has 1 unspecified atom stereocenters. The van der Waals surface area contributed by atoms with Crippen LogP contribution in [-0.4, -0.2) is 21.9 Å². The minimum Gasteiger partial charge on any atom is -0.312 e. The molecule has 1 aromatic heterocycles. The van der Waals surface area contributed by atoms with Crippen LogP contribution in [0.25, 0.3) is 11.1 Å². The molecule has 2 aromatic rings. The van der Waals surface area contributed by atoms with Crippen molar-refractivity contribution in [3.05, 3.63) is 42.7 Å². The van der Waals surface area contributed by atoms with Gasteiger partial charge in [-0.15, -0.1) is 0 Å². The van der Waals surface area contributed by atoms with E-state index in [1.807, 2.05) is 16.9 Å². The van der Waals surface area contributed by atoms with Crippen molar-refractivity contribution in [2.45, 2.75) is 39.8 Å². The van der Waals surface area contributed by atoms with Gasteiger partial charge in [0.2, 0.25) is 0 Å². The van der Waals surface area contributed by atoms with Gasteiger partial charge in [-0.25, -0.2) is 0 Å². The van der Waals surface area contributed by atoms with Crippen LogP contribution in [0, 0.1) is 5.92 Å². The molecule has 0 aliphatic carbocycles. The predicted octanol–water partition coefficient (Wildman–Crippen LogP) is 3.57. The Morgan fingerprint density at radius 1 is 1.15 bits per heavy atom. The van der Waals surface area contributed by atoms with Crippen LogP contribution >= 0.6 is 0 Å². The van der Waals surface area contributed by atoms with Gasteiger partial charge in [0.1, 0.15) is 0 Å². The van der Waals surface area contributed by atoms with Gasteiger partial charge in [0, 0.05) is 23.8 Å². The van der Waals surface area contributed by atoms with Crippen LogP contribution in [0.1, 0.15) is 27.7 Å². The van der Waals surface area contributed by atoms with Crippen LogP contribution in [0.3, 0.4) is 0 Å². The van der Waals surface area contributed by atoms with Crippen LogP contribution in [0.4, 0.5) is 0 Å². The molecule has 0 spiro atoms. The van der Waals surface area contributed by atoms with Crippen molar-refractivity contribution in [3.63, 3.8) is 0 Å². The van der Waals surface area contributed by atoms with Crippen LogP contribution in [0.5, 0.6) is 0 Å². The molecule has 0 saturated carbocycles. The summed E-state index contributed by atoms with van der Waals surface area (Å²) in [4.78, 5) is 0. The summed E-state index contributed by atoms with van der Waals surface area (Å²) in [5.41, 5.74) is 2.58. The number of hydrogen-bond acceptors (Lipinski definition) is 2. The standard InChI is InChI=1S/C17H25N3/c1-14(10-18-17(2,3)4)12-20-13-16(11-19-20)15-8-6-5-7-9-15/h5-9,11,13-14,18H,10,12H2,1-4H3. The van der Waals surface area contributed by atoms with E-state index < -0.39 is 0 Å². The molecular formula is C17H25N3. The van der Waals surface area contributed by atoms with Crippen molar-refractivity contribution in [1.82, 2.24) is 15.1 Å². The third-order valence-corrected chi connectivity index (χ3v) is 3.22. The third-order valence-electron chi connectivity index (χ3n) is 3.22. The molecule has 0 aliphatic heterocycles. The Morgan fingerprint density at radius 2 is 1.85 bits per heavy atom. The normalized spacial score (nSPS) is 13.4. The van der Waals surface area contributed by atoms with Crippen LogP contribution in [0.15, 0.2) is 42.7 Å². The predicted molar refractivity (Wildman–Crippen MR) is 84.6 cm³/mol. The molecule has 0 saturated heterocycles. The Kier molecular flexibility index (Phi) is 4.61. The van der Waals surface area contributed by atoms with E-state index in [9.17, 15) is 0 Å². The van der Waals surface area contributed by atoms with Gasteiger partial charge in [-0.05, 0) is 38.8 Å². The van der Waals surface area contributed by atoms with Crippen molar-refractivity contribution in [3.8, 4) is 11.1 Å². The summed E-state index contributed by atoms with van der Waals surface area (Å²) in [6, 6.07) is 10.4. The Morgan fingerprint density at radius 3 is 2.50 bits per heavy atom. The summed E-state index contributed by atoms with van der Waals surface area (Å²) in [5, 5.41) is 8.01. The summed E-state index contributed by atoms with van der Waals surface area (Å²) in [5.74, 6) is 0.553. The number of aromatic nitrogens is 2. The molecule has 2 rings (SSSR count). The molecule has 0 aliphatic rings. The second kappa shape index (κ2) is 6.23. The minimum absolute atomic E-state index is 0.174. The minimum atomic E-state index is 0.174. The highest BCUT2D eigenvalue weighted by molar-refractivity contribution is 5.61. The summed E-state index contributed by atoms with van der Waals surface area (Å²) < 4.78 is 2.04. The van der Waals surface area contributed by atoms with E-state index >= 15 is 0 Å². The highest BCUT2D eigenvalue weighted by Gasteiger charge is 2.12. The fourth-order valence-electron chi connectivity index (χ4n) is 2.11. The second-order valence-corrected chi connectivity index (χ2v) is 6.55. The highest BCUT2D eigenvalue weighted by Crippen LogP contribution is 2.18. The number of nitrogens with one attached hydrogen (secondary N) is 1. The first-order valence-electron chi connectivity index (χ1n) is 7.27. The monoisotopic (exact) mass is 271 g/mol. The Hall–Kier alpha value is -1.61. The molecule has 0 fully saturated rings. The summed E-state index contributed by atoms with van der Waals surface area (Å²) in [6.07, 6.45) is 4.07. The summed E-state index contributed by atoms with van der Waals surface area (Å²) in [7, 11) is 0. The first-order chi connectivity index (χ1) is 9.44. The average Bonchev–Trinajstić information content (AvgIpc) is 2.85. The van der Waals surface area contributed by atoms with E-state index in [-0.39, 0.29) is 5.54 Å². The maximum atomic E-state index is 4.47. The topological polar surface area (TPSA) is 29.9 Å². The Labute approximate surface area is 122 Å². The smallest absolute Gasteiger partial charge is 0.0568 e. The number of hydrogen-bond donors (Lipinski definition) is 1. The van der Waals surface area contributed by atoms with Crippen molar-refractivity contribution in [2.24, 2.45) is 5.92 Å². The van der Waals surface area contributed by atoms with E-state index in [2.05, 4.69) is 68.6 Å². The Balaban J connectivity index is 1.93. The number of benzene rings is 1. The third kappa shape index (κ3) is 4.49. The lowest BCUT2D eigenvalue weighted by atomic mass is 10.1. The summed E-state index contributed by atoms with van der Waals surface area (Å²) >= 11 is 0. The van der Waals surface area contributed by atoms with Gasteiger partial charge in [0.25, 0.3) is 0 Å². The zero-order valence-electron chi connectivity index (χ0n) is 12.9. The van der Waals surface area contributed by atoms with Gasteiger partial charge in [-0.3, -0.25) is 4.68 Å². The lowest BCUT2D eigenvalue weighted by Gasteiger charge is -2.23. The molecular weight excluding hydrogens is 246 g/mol. The quantitative estimate of drug-likeness (QED) is 0.901. The first kappa shape index (κ1) is 14.8. The van der Waals surface area contributed by atoms with Gasteiger partial charge in [0.05, 0.1) is 6.20 Å². The van der Waals surface area contributed by atoms with Gasteiger partial charge < -0.3 is 5.32 Å². The SMILES string of the molecule is CC(CNC(C)(C)C)Cn1cc(-c2ccccc2)cn1. The van der Waals surface area contributed by atoms with E-state index in [1.54, 1.807) is 0 Å². The molecule has 0 bridgehead atoms. The van der Waals surface area contributed by atoms with Gasteiger partial charge in [-0.2, -0.15) is 5.10 Å². The molecule has 1 atom stereocenters. The molecule has 108 valence electrons. The first-order valence-corrected chi connectivity index (χ1v) is 7.27. The fraction of sp³-hybridized carbons (Fsp3) is 0.471. The average molecular weight is 271 g/mol. The zero-order valence-corrected chi connectivity index (χ0v) is 12.9. The molecule has 1 aromatic carbocycles. The maximum Gasteiger partial charge on any atom is 0.0568 e. The number of nitrogens with zero attached hydrogens (tertiary/aromatic N) is 2. The van der Waals surface area contributed by atoms with Gasteiger partial charge in [-0.1, -0.05) is 37.3 Å². The van der Waals surface area contributed by atoms with Crippen LogP contribution < -0.4 is 5.32 Å². The molecule has 1 N–H and O–H groups in total. The van der Waals surface area contributed by atoms with Crippen molar-refractivity contribution in [2.75, 3.05) is 6.54 Å². The highest BCUT2D eigenvalue weighted by atomic mass is 15.3. The lowest BCUT2D eigenvalue weighted by Crippen LogP contribution is -2.39. The second-order valence-electron chi connectivity index (χ2n) is 6.55. The number of rotatable bonds is 5. The van der Waals surface area contributed by atoms with E-state index in [0.29, 0.717) is 5.92 Å². The molecule has 0 radical (unpaired) electrons. The van der Waals surface area contributed by atoms with Crippen molar-refractivity contribution >= 4 is 0 Å². The molecule has 1 heterocycles. The van der Waals surface area contributed by atoms with Crippen molar-refractivity contribution in [1.29, 1.82) is 0 Å². The maximum absolute atomic E-state index is 4.47. The van der Waals surface area contributed by atoms with Crippen LogP contribution in [-0.2, 0) is 6.54 Å². The Bertz CT molecular complexity index is 523.